The highest BCUT2D eigenvalue weighted by Gasteiger charge is 2.13. The first-order valence-electron chi connectivity index (χ1n) is 6.23. The fourth-order valence-electron chi connectivity index (χ4n) is 2.05. The van der Waals surface area contributed by atoms with Crippen LogP contribution in [0.15, 0.2) is 67.0 Å². The predicted molar refractivity (Wildman–Crippen MR) is 85.8 cm³/mol. The highest BCUT2D eigenvalue weighted by molar-refractivity contribution is 9.09. The van der Waals surface area contributed by atoms with E-state index in [2.05, 4.69) is 21.0 Å². The van der Waals surface area contributed by atoms with Crippen molar-refractivity contribution >= 4 is 27.5 Å². The molecule has 100 valence electrons. The average Bonchev–Trinajstić information content (AvgIpc) is 2.97. The minimum Gasteiger partial charge on any atom is -0.241 e. The molecular formula is C16H12BrClN2. The molecule has 2 nitrogen and oxygen atoms in total. The summed E-state index contributed by atoms with van der Waals surface area (Å²) in [7, 11) is 0. The number of halogens is 2. The molecule has 0 radical (unpaired) electrons. The third-order valence-corrected chi connectivity index (χ3v) is 4.35. The van der Waals surface area contributed by atoms with Crippen LogP contribution >= 0.6 is 27.5 Å². The second kappa shape index (κ2) is 5.81. The van der Waals surface area contributed by atoms with E-state index in [-0.39, 0.29) is 4.83 Å². The Labute approximate surface area is 131 Å². The number of nitrogens with zero attached hydrogens (tertiary/aromatic N) is 2. The maximum Gasteiger partial charge on any atom is 0.0676 e. The molecule has 4 heteroatoms. The van der Waals surface area contributed by atoms with Crippen LogP contribution in [0.5, 0.6) is 0 Å². The first-order valence-corrected chi connectivity index (χ1v) is 7.53. The molecule has 3 rings (SSSR count). The minimum absolute atomic E-state index is 0.0821. The molecule has 1 heterocycles. The maximum atomic E-state index is 6.04. The minimum atomic E-state index is 0.0821. The molecule has 1 unspecified atom stereocenters. The maximum absolute atomic E-state index is 6.04. The smallest absolute Gasteiger partial charge is 0.0676 e. The lowest BCUT2D eigenvalue weighted by Gasteiger charge is -2.08. The van der Waals surface area contributed by atoms with E-state index in [4.69, 9.17) is 11.6 Å². The van der Waals surface area contributed by atoms with E-state index in [0.717, 1.165) is 21.8 Å². The van der Waals surface area contributed by atoms with Crippen LogP contribution in [0.4, 0.5) is 0 Å². The number of alkyl halides is 1. The van der Waals surface area contributed by atoms with Gasteiger partial charge >= 0.3 is 0 Å². The predicted octanol–water partition coefficient (Wildman–Crippen LogP) is 5.01. The first-order chi connectivity index (χ1) is 9.74. The summed E-state index contributed by atoms with van der Waals surface area (Å²) in [6.45, 7) is 0. The second-order valence-electron chi connectivity index (χ2n) is 4.47. The van der Waals surface area contributed by atoms with Gasteiger partial charge in [-0.1, -0.05) is 57.9 Å². The lowest BCUT2D eigenvalue weighted by Crippen LogP contribution is -1.94. The van der Waals surface area contributed by atoms with Crippen molar-refractivity contribution in [1.29, 1.82) is 0 Å². The van der Waals surface area contributed by atoms with Gasteiger partial charge < -0.3 is 0 Å². The van der Waals surface area contributed by atoms with Crippen molar-refractivity contribution < 1.29 is 0 Å². The van der Waals surface area contributed by atoms with Gasteiger partial charge in [-0.25, -0.2) is 4.68 Å². The summed E-state index contributed by atoms with van der Waals surface area (Å²) < 4.78 is 1.87. The monoisotopic (exact) mass is 346 g/mol. The Morgan fingerprint density at radius 3 is 2.55 bits per heavy atom. The molecule has 0 aliphatic carbocycles. The Morgan fingerprint density at radius 1 is 1.00 bits per heavy atom. The van der Waals surface area contributed by atoms with Crippen molar-refractivity contribution in [2.24, 2.45) is 0 Å². The summed E-state index contributed by atoms with van der Waals surface area (Å²) >= 11 is 9.74. The largest absolute Gasteiger partial charge is 0.241 e. The number of rotatable bonds is 3. The quantitative estimate of drug-likeness (QED) is 0.609. The van der Waals surface area contributed by atoms with Crippen LogP contribution in [0.3, 0.4) is 0 Å². The van der Waals surface area contributed by atoms with E-state index in [1.54, 1.807) is 0 Å². The summed E-state index contributed by atoms with van der Waals surface area (Å²) in [6, 6.07) is 17.9. The normalized spacial score (nSPS) is 12.3. The lowest BCUT2D eigenvalue weighted by atomic mass is 10.1. The molecule has 20 heavy (non-hydrogen) atoms. The van der Waals surface area contributed by atoms with Gasteiger partial charge in [0.2, 0.25) is 0 Å². The fraction of sp³-hybridized carbons (Fsp3) is 0.0625. The molecular weight excluding hydrogens is 336 g/mol. The van der Waals surface area contributed by atoms with Gasteiger partial charge in [-0.2, -0.15) is 5.10 Å². The average molecular weight is 348 g/mol. The first kappa shape index (κ1) is 13.4. The molecule has 0 saturated carbocycles. The van der Waals surface area contributed by atoms with E-state index in [1.165, 1.54) is 0 Å². The van der Waals surface area contributed by atoms with E-state index >= 15 is 0 Å². The van der Waals surface area contributed by atoms with Gasteiger partial charge in [-0.3, -0.25) is 0 Å². The van der Waals surface area contributed by atoms with Gasteiger partial charge in [0.05, 0.1) is 16.7 Å². The summed E-state index contributed by atoms with van der Waals surface area (Å²) in [5.41, 5.74) is 3.26. The van der Waals surface area contributed by atoms with Crippen LogP contribution in [-0.4, -0.2) is 9.78 Å². The van der Waals surface area contributed by atoms with Crippen molar-refractivity contribution in [2.45, 2.75) is 4.83 Å². The molecule has 0 spiro atoms. The van der Waals surface area contributed by atoms with Crippen molar-refractivity contribution in [1.82, 2.24) is 9.78 Å². The van der Waals surface area contributed by atoms with Crippen molar-refractivity contribution in [2.75, 3.05) is 0 Å². The number of benzene rings is 2. The topological polar surface area (TPSA) is 17.8 Å². The molecule has 0 saturated heterocycles. The van der Waals surface area contributed by atoms with Gasteiger partial charge in [0.15, 0.2) is 0 Å². The summed E-state index contributed by atoms with van der Waals surface area (Å²) in [4.78, 5) is 0.0821. The SMILES string of the molecule is Clc1cccc(C(Br)c2cnn(-c3ccccc3)c2)c1. The highest BCUT2D eigenvalue weighted by atomic mass is 79.9. The van der Waals surface area contributed by atoms with Crippen LogP contribution in [0.2, 0.25) is 5.02 Å². The van der Waals surface area contributed by atoms with Gasteiger partial charge in [0, 0.05) is 16.8 Å². The molecule has 2 aromatic carbocycles. The van der Waals surface area contributed by atoms with E-state index < -0.39 is 0 Å². The number of para-hydroxylation sites is 1. The van der Waals surface area contributed by atoms with Crippen LogP contribution in [-0.2, 0) is 0 Å². The zero-order valence-electron chi connectivity index (χ0n) is 10.6. The molecule has 0 bridgehead atoms. The third-order valence-electron chi connectivity index (χ3n) is 3.06. The highest BCUT2D eigenvalue weighted by Crippen LogP contribution is 2.32. The molecule has 0 aliphatic rings. The van der Waals surface area contributed by atoms with E-state index in [0.29, 0.717) is 0 Å². The van der Waals surface area contributed by atoms with Crippen LogP contribution in [0.1, 0.15) is 16.0 Å². The summed E-state index contributed by atoms with van der Waals surface area (Å²) in [5.74, 6) is 0. The standard InChI is InChI=1S/C16H12BrClN2/c17-16(12-5-4-6-14(18)9-12)13-10-19-20(11-13)15-7-2-1-3-8-15/h1-11,16H. The molecule has 0 fully saturated rings. The van der Waals surface area contributed by atoms with Gasteiger partial charge in [0.1, 0.15) is 0 Å². The second-order valence-corrected chi connectivity index (χ2v) is 5.82. The molecule has 0 amide bonds. The summed E-state index contributed by atoms with van der Waals surface area (Å²) in [6.07, 6.45) is 3.89. The molecule has 1 aromatic heterocycles. The van der Waals surface area contributed by atoms with Gasteiger partial charge in [-0.05, 0) is 29.8 Å². The van der Waals surface area contributed by atoms with Crippen LogP contribution < -0.4 is 0 Å². The van der Waals surface area contributed by atoms with Crippen molar-refractivity contribution in [3.05, 3.63) is 83.1 Å². The zero-order valence-corrected chi connectivity index (χ0v) is 12.9. The van der Waals surface area contributed by atoms with Crippen molar-refractivity contribution in [3.63, 3.8) is 0 Å². The number of hydrogen-bond acceptors (Lipinski definition) is 1. The Kier molecular flexibility index (Phi) is 3.90. The molecule has 1 atom stereocenters. The Hall–Kier alpha value is -1.58. The Morgan fingerprint density at radius 2 is 1.80 bits per heavy atom. The summed E-state index contributed by atoms with van der Waals surface area (Å²) in [5, 5.41) is 5.15. The van der Waals surface area contributed by atoms with Gasteiger partial charge in [0.25, 0.3) is 0 Å². The molecule has 0 aliphatic heterocycles. The Balaban J connectivity index is 1.90. The van der Waals surface area contributed by atoms with E-state index in [9.17, 15) is 0 Å². The fourth-order valence-corrected chi connectivity index (χ4v) is 2.77. The third kappa shape index (κ3) is 2.79. The lowest BCUT2D eigenvalue weighted by molar-refractivity contribution is 0.880. The molecule has 3 aromatic rings. The number of aromatic nitrogens is 2. The number of hydrogen-bond donors (Lipinski definition) is 0. The van der Waals surface area contributed by atoms with Gasteiger partial charge in [-0.15, -0.1) is 0 Å². The molecule has 0 N–H and O–H groups in total. The zero-order chi connectivity index (χ0) is 13.9. The van der Waals surface area contributed by atoms with Crippen LogP contribution in [0, 0.1) is 0 Å². The van der Waals surface area contributed by atoms with E-state index in [1.807, 2.05) is 71.7 Å². The van der Waals surface area contributed by atoms with Crippen LogP contribution in [0.25, 0.3) is 5.69 Å². The Bertz CT molecular complexity index is 709. The van der Waals surface area contributed by atoms with Crippen molar-refractivity contribution in [3.8, 4) is 5.69 Å².